The summed E-state index contributed by atoms with van der Waals surface area (Å²) in [5.74, 6) is 0.835. The van der Waals surface area contributed by atoms with Crippen LogP contribution in [-0.2, 0) is 16.9 Å². The van der Waals surface area contributed by atoms with E-state index in [1.807, 2.05) is 0 Å². The van der Waals surface area contributed by atoms with E-state index in [2.05, 4.69) is 52.0 Å². The first-order valence-corrected chi connectivity index (χ1v) is 8.91. The van der Waals surface area contributed by atoms with Crippen LogP contribution in [0.1, 0.15) is 37.7 Å². The third kappa shape index (κ3) is 1.98. The molecule has 2 aliphatic carbocycles. The van der Waals surface area contributed by atoms with Crippen molar-refractivity contribution in [1.82, 2.24) is 4.57 Å². The summed E-state index contributed by atoms with van der Waals surface area (Å²) in [7, 11) is 0. The van der Waals surface area contributed by atoms with E-state index < -0.39 is 0 Å². The van der Waals surface area contributed by atoms with E-state index in [4.69, 9.17) is 0 Å². The number of nitrogens with zero attached hydrogens (tertiary/aromatic N) is 2. The van der Waals surface area contributed by atoms with Gasteiger partial charge in [-0.3, -0.25) is 0 Å². The summed E-state index contributed by atoms with van der Waals surface area (Å²) in [6, 6.07) is 15.3. The molecule has 0 atom stereocenters. The van der Waals surface area contributed by atoms with Gasteiger partial charge >= 0.3 is 0 Å². The predicted molar refractivity (Wildman–Crippen MR) is 95.8 cm³/mol. The minimum Gasteiger partial charge on any atom is -0.340 e. The monoisotopic (exact) mass is 316 g/mol. The molecule has 0 amide bonds. The van der Waals surface area contributed by atoms with E-state index in [-0.39, 0.29) is 5.54 Å². The maximum Gasteiger partial charge on any atom is 0.235 e. The zero-order valence-corrected chi connectivity index (χ0v) is 13.7. The number of benzene rings is 2. The van der Waals surface area contributed by atoms with E-state index in [9.17, 15) is 4.79 Å². The first-order chi connectivity index (χ1) is 11.8. The molecule has 1 heterocycles. The molecule has 0 N–H and O–H groups in total. The van der Waals surface area contributed by atoms with Crippen LogP contribution in [0.4, 0.5) is 0 Å². The molecule has 3 nitrogen and oxygen atoms in total. The zero-order chi connectivity index (χ0) is 16.1. The van der Waals surface area contributed by atoms with Crippen LogP contribution in [0.5, 0.6) is 0 Å². The Morgan fingerprint density at radius 3 is 2.58 bits per heavy atom. The fraction of sp³-hybridized carbons (Fsp3) is 0.381. The van der Waals surface area contributed by atoms with Gasteiger partial charge in [-0.05, 0) is 61.8 Å². The molecule has 3 aromatic rings. The minimum atomic E-state index is -0.324. The standard InChI is InChI=1S/C21H20N2O/c24-14-22-21(10-3-11-21)16-8-9-20-18(12-16)17-4-1-2-5-19(17)23(20)13-15-6-7-15/h1-2,4-5,8-9,12,15H,3,6-7,10-11,13H2. The van der Waals surface area contributed by atoms with Crippen molar-refractivity contribution in [2.45, 2.75) is 44.2 Å². The van der Waals surface area contributed by atoms with E-state index in [0.717, 1.165) is 31.7 Å². The number of carbonyl (C=O) groups excluding carboxylic acids is 1. The Morgan fingerprint density at radius 1 is 1.08 bits per heavy atom. The quantitative estimate of drug-likeness (QED) is 0.497. The van der Waals surface area contributed by atoms with Gasteiger partial charge in [-0.2, -0.15) is 4.99 Å². The number of aromatic nitrogens is 1. The molecule has 2 aliphatic rings. The molecule has 2 saturated carbocycles. The topological polar surface area (TPSA) is 34.4 Å². The van der Waals surface area contributed by atoms with Gasteiger partial charge in [0.25, 0.3) is 0 Å². The van der Waals surface area contributed by atoms with Gasteiger partial charge in [0.1, 0.15) is 0 Å². The summed E-state index contributed by atoms with van der Waals surface area (Å²) >= 11 is 0. The van der Waals surface area contributed by atoms with Crippen molar-refractivity contribution in [2.24, 2.45) is 10.9 Å². The first kappa shape index (κ1) is 14.0. The van der Waals surface area contributed by atoms with E-state index in [0.29, 0.717) is 0 Å². The SMILES string of the molecule is O=C=NC1(c2ccc3c(c2)c2ccccc2n3CC2CC2)CCC1. The molecular formula is C21H20N2O. The average molecular weight is 316 g/mol. The number of para-hydroxylation sites is 1. The van der Waals surface area contributed by atoms with Crippen molar-refractivity contribution >= 4 is 27.9 Å². The number of aliphatic imine (C=N–C) groups is 1. The molecule has 2 aromatic carbocycles. The largest absolute Gasteiger partial charge is 0.340 e. The normalized spacial score (nSPS) is 19.2. The van der Waals surface area contributed by atoms with Gasteiger partial charge in [-0.1, -0.05) is 24.3 Å². The summed E-state index contributed by atoms with van der Waals surface area (Å²) in [5, 5.41) is 2.59. The Kier molecular flexibility index (Phi) is 2.95. The highest BCUT2D eigenvalue weighted by molar-refractivity contribution is 6.08. The van der Waals surface area contributed by atoms with Gasteiger partial charge in [0, 0.05) is 28.4 Å². The molecule has 0 bridgehead atoms. The van der Waals surface area contributed by atoms with Gasteiger partial charge < -0.3 is 4.57 Å². The van der Waals surface area contributed by atoms with Gasteiger partial charge in [-0.15, -0.1) is 0 Å². The predicted octanol–water partition coefficient (Wildman–Crippen LogP) is 4.92. The van der Waals surface area contributed by atoms with Crippen molar-refractivity contribution < 1.29 is 4.79 Å². The molecule has 0 saturated heterocycles. The second kappa shape index (κ2) is 5.06. The summed E-state index contributed by atoms with van der Waals surface area (Å²) in [4.78, 5) is 15.1. The van der Waals surface area contributed by atoms with Crippen molar-refractivity contribution in [3.05, 3.63) is 48.0 Å². The lowest BCUT2D eigenvalue weighted by Crippen LogP contribution is -2.31. The highest BCUT2D eigenvalue weighted by atomic mass is 16.1. The van der Waals surface area contributed by atoms with E-state index >= 15 is 0 Å². The van der Waals surface area contributed by atoms with Gasteiger partial charge in [0.05, 0.1) is 5.54 Å². The fourth-order valence-electron chi connectivity index (χ4n) is 4.16. The molecule has 0 radical (unpaired) electrons. The number of hydrogen-bond acceptors (Lipinski definition) is 2. The summed E-state index contributed by atoms with van der Waals surface area (Å²) in [5.41, 5.74) is 3.46. The number of rotatable bonds is 4. The second-order valence-corrected chi connectivity index (χ2v) is 7.39. The van der Waals surface area contributed by atoms with Crippen LogP contribution in [0.25, 0.3) is 21.8 Å². The second-order valence-electron chi connectivity index (χ2n) is 7.39. The Balaban J connectivity index is 1.74. The Bertz CT molecular complexity index is 986. The highest BCUT2D eigenvalue weighted by Crippen LogP contribution is 2.46. The van der Waals surface area contributed by atoms with Crippen LogP contribution < -0.4 is 0 Å². The highest BCUT2D eigenvalue weighted by Gasteiger charge is 2.39. The molecule has 0 aliphatic heterocycles. The van der Waals surface area contributed by atoms with Crippen LogP contribution in [0.3, 0.4) is 0 Å². The smallest absolute Gasteiger partial charge is 0.235 e. The van der Waals surface area contributed by atoms with Crippen LogP contribution in [0, 0.1) is 5.92 Å². The van der Waals surface area contributed by atoms with E-state index in [1.165, 1.54) is 40.2 Å². The molecule has 120 valence electrons. The van der Waals surface area contributed by atoms with Crippen molar-refractivity contribution in [1.29, 1.82) is 0 Å². The first-order valence-electron chi connectivity index (χ1n) is 8.91. The third-order valence-corrected chi connectivity index (χ3v) is 5.89. The number of hydrogen-bond donors (Lipinski definition) is 0. The lowest BCUT2D eigenvalue weighted by molar-refractivity contribution is 0.256. The molecular weight excluding hydrogens is 296 g/mol. The Labute approximate surface area is 141 Å². The van der Waals surface area contributed by atoms with Crippen LogP contribution in [0.2, 0.25) is 0 Å². The molecule has 0 unspecified atom stereocenters. The molecule has 0 spiro atoms. The Hall–Kier alpha value is -2.38. The van der Waals surface area contributed by atoms with Crippen molar-refractivity contribution in [3.63, 3.8) is 0 Å². The minimum absolute atomic E-state index is 0.324. The molecule has 5 rings (SSSR count). The number of fused-ring (bicyclic) bond motifs is 3. The molecule has 1 aromatic heterocycles. The molecule has 3 heteroatoms. The van der Waals surface area contributed by atoms with Gasteiger partial charge in [0.15, 0.2) is 0 Å². The lowest BCUT2D eigenvalue weighted by atomic mass is 9.72. The van der Waals surface area contributed by atoms with Crippen LogP contribution in [0.15, 0.2) is 47.5 Å². The lowest BCUT2D eigenvalue weighted by Gasteiger charge is -2.37. The van der Waals surface area contributed by atoms with Crippen molar-refractivity contribution in [3.8, 4) is 0 Å². The van der Waals surface area contributed by atoms with Crippen molar-refractivity contribution in [2.75, 3.05) is 0 Å². The Morgan fingerprint density at radius 2 is 1.88 bits per heavy atom. The van der Waals surface area contributed by atoms with Crippen LogP contribution in [-0.4, -0.2) is 10.6 Å². The van der Waals surface area contributed by atoms with Gasteiger partial charge in [-0.25, -0.2) is 4.79 Å². The fourth-order valence-corrected chi connectivity index (χ4v) is 4.16. The maximum atomic E-state index is 10.9. The molecule has 2 fully saturated rings. The van der Waals surface area contributed by atoms with Gasteiger partial charge in [0.2, 0.25) is 6.08 Å². The average Bonchev–Trinajstić information content (AvgIpc) is 3.34. The van der Waals surface area contributed by atoms with E-state index in [1.54, 1.807) is 6.08 Å². The summed E-state index contributed by atoms with van der Waals surface area (Å²) < 4.78 is 2.47. The third-order valence-electron chi connectivity index (χ3n) is 5.89. The summed E-state index contributed by atoms with van der Waals surface area (Å²) in [6.07, 6.45) is 7.54. The van der Waals surface area contributed by atoms with Crippen LogP contribution >= 0.6 is 0 Å². The zero-order valence-electron chi connectivity index (χ0n) is 13.7. The number of isocyanates is 1. The molecule has 24 heavy (non-hydrogen) atoms. The maximum absolute atomic E-state index is 10.9. The summed E-state index contributed by atoms with van der Waals surface area (Å²) in [6.45, 7) is 1.11.